The minimum Gasteiger partial charge on any atom is -0.477 e. The lowest BCUT2D eigenvalue weighted by molar-refractivity contribution is 0.0703. The number of benzene rings is 2. The number of aromatic nitrogens is 3. The Morgan fingerprint density at radius 1 is 1.05 bits per heavy atom. The number of nitrogens with one attached hydrogen (secondary N) is 1. The van der Waals surface area contributed by atoms with Crippen LogP contribution in [0.2, 0.25) is 0 Å². The van der Waals surface area contributed by atoms with Crippen molar-refractivity contribution in [1.29, 1.82) is 0 Å². The lowest BCUT2D eigenvalue weighted by Gasteiger charge is -2.20. The summed E-state index contributed by atoms with van der Waals surface area (Å²) in [5, 5.41) is 17.8. The highest BCUT2D eigenvalue weighted by Gasteiger charge is 2.30. The molecule has 0 bridgehead atoms. The Hall–Kier alpha value is -3.98. The van der Waals surface area contributed by atoms with E-state index in [1.807, 2.05) is 63.2 Å². The SMILES string of the molecule is COP(=O)(Nc1cc(-c2ccc(-c3cc4nc(C)cc(N)n4n3)cc2)sc1C(=O)O)c1ccc(C)cc1C. The Morgan fingerprint density at radius 2 is 1.76 bits per heavy atom. The molecular weight excluding hydrogens is 521 g/mol. The molecular formula is C27H26N5O4PS. The van der Waals surface area contributed by atoms with Crippen LogP contribution >= 0.6 is 18.9 Å². The van der Waals surface area contributed by atoms with Crippen molar-refractivity contribution in [2.45, 2.75) is 20.8 Å². The number of thiophene rings is 1. The minimum atomic E-state index is -3.58. The van der Waals surface area contributed by atoms with Gasteiger partial charge >= 0.3 is 13.5 Å². The van der Waals surface area contributed by atoms with Crippen molar-refractivity contribution >= 4 is 47.3 Å². The van der Waals surface area contributed by atoms with Crippen LogP contribution in [0.15, 0.2) is 60.7 Å². The topological polar surface area (TPSA) is 132 Å². The average Bonchev–Trinajstić information content (AvgIpc) is 3.49. The molecule has 0 fully saturated rings. The maximum atomic E-state index is 13.8. The van der Waals surface area contributed by atoms with Crippen LogP contribution in [0.4, 0.5) is 11.5 Å². The van der Waals surface area contributed by atoms with E-state index in [1.165, 1.54) is 7.11 Å². The molecule has 0 radical (unpaired) electrons. The highest BCUT2D eigenvalue weighted by molar-refractivity contribution is 7.68. The smallest absolute Gasteiger partial charge is 0.348 e. The lowest BCUT2D eigenvalue weighted by Crippen LogP contribution is -2.17. The van der Waals surface area contributed by atoms with Crippen molar-refractivity contribution in [3.05, 3.63) is 82.4 Å². The van der Waals surface area contributed by atoms with Gasteiger partial charge < -0.3 is 20.5 Å². The zero-order valence-electron chi connectivity index (χ0n) is 21.2. The number of nitrogens with two attached hydrogens (primary N) is 1. The first kappa shape index (κ1) is 25.7. The van der Waals surface area contributed by atoms with Crippen LogP contribution in [-0.4, -0.2) is 32.8 Å². The van der Waals surface area contributed by atoms with E-state index in [-0.39, 0.29) is 10.6 Å². The third kappa shape index (κ3) is 4.69. The number of carboxylic acids is 1. The van der Waals surface area contributed by atoms with Crippen LogP contribution < -0.4 is 16.1 Å². The van der Waals surface area contributed by atoms with Crippen molar-refractivity contribution < 1.29 is 19.0 Å². The highest BCUT2D eigenvalue weighted by atomic mass is 32.1. The first-order valence-electron chi connectivity index (χ1n) is 11.7. The molecule has 3 aromatic heterocycles. The fourth-order valence-electron chi connectivity index (χ4n) is 4.35. The molecule has 0 aliphatic heterocycles. The van der Waals surface area contributed by atoms with Gasteiger partial charge in [-0.1, -0.05) is 42.0 Å². The molecule has 1 unspecified atom stereocenters. The first-order valence-corrected chi connectivity index (χ1v) is 14.1. The minimum absolute atomic E-state index is 0.0448. The van der Waals surface area contributed by atoms with Crippen LogP contribution in [0.3, 0.4) is 0 Å². The number of anilines is 2. The molecule has 0 saturated heterocycles. The third-order valence-electron chi connectivity index (χ3n) is 6.17. The molecule has 38 heavy (non-hydrogen) atoms. The zero-order chi connectivity index (χ0) is 27.2. The molecule has 3 heterocycles. The summed E-state index contributed by atoms with van der Waals surface area (Å²) in [6, 6.07) is 18.4. The van der Waals surface area contributed by atoms with Gasteiger partial charge in [0.2, 0.25) is 0 Å². The number of nitrogens with zero attached hydrogens (tertiary/aromatic N) is 3. The van der Waals surface area contributed by atoms with Gasteiger partial charge in [-0.2, -0.15) is 9.61 Å². The van der Waals surface area contributed by atoms with Gasteiger partial charge in [-0.3, -0.25) is 4.57 Å². The van der Waals surface area contributed by atoms with E-state index in [9.17, 15) is 14.5 Å². The van der Waals surface area contributed by atoms with Gasteiger partial charge in [0.15, 0.2) is 5.65 Å². The van der Waals surface area contributed by atoms with Crippen molar-refractivity contribution in [2.24, 2.45) is 0 Å². The van der Waals surface area contributed by atoms with Crippen molar-refractivity contribution in [1.82, 2.24) is 14.6 Å². The number of carboxylic acid groups (broad SMARTS) is 1. The summed E-state index contributed by atoms with van der Waals surface area (Å²) in [7, 11) is -2.23. The number of rotatable bonds is 7. The van der Waals surface area contributed by atoms with Gasteiger partial charge in [0, 0.05) is 35.4 Å². The Labute approximate surface area is 223 Å². The van der Waals surface area contributed by atoms with Gasteiger partial charge in [0.05, 0.1) is 16.7 Å². The average molecular weight is 548 g/mol. The summed E-state index contributed by atoms with van der Waals surface area (Å²) in [5.74, 6) is -0.613. The molecule has 0 saturated carbocycles. The molecule has 11 heteroatoms. The van der Waals surface area contributed by atoms with Crippen LogP contribution in [0.1, 0.15) is 26.5 Å². The largest absolute Gasteiger partial charge is 0.477 e. The number of fused-ring (bicyclic) bond motifs is 1. The van der Waals surface area contributed by atoms with E-state index in [2.05, 4.69) is 15.2 Å². The van der Waals surface area contributed by atoms with Crippen molar-refractivity contribution in [3.63, 3.8) is 0 Å². The van der Waals surface area contributed by atoms with Crippen LogP contribution in [0.5, 0.6) is 0 Å². The molecule has 0 spiro atoms. The van der Waals surface area contributed by atoms with Crippen LogP contribution in [0.25, 0.3) is 27.3 Å². The van der Waals surface area contributed by atoms with Gasteiger partial charge in [-0.05, 0) is 44.0 Å². The molecule has 9 nitrogen and oxygen atoms in total. The maximum Gasteiger partial charge on any atom is 0.348 e. The second kappa shape index (κ2) is 9.72. The predicted molar refractivity (Wildman–Crippen MR) is 152 cm³/mol. The third-order valence-corrected chi connectivity index (χ3v) is 9.53. The second-order valence-electron chi connectivity index (χ2n) is 8.99. The van der Waals surface area contributed by atoms with Crippen molar-refractivity contribution in [2.75, 3.05) is 17.9 Å². The molecule has 0 aliphatic carbocycles. The second-order valence-corrected chi connectivity index (χ2v) is 12.2. The summed E-state index contributed by atoms with van der Waals surface area (Å²) >= 11 is 1.10. The summed E-state index contributed by atoms with van der Waals surface area (Å²) in [5.41, 5.74) is 12.0. The molecule has 4 N–H and O–H groups in total. The normalized spacial score (nSPS) is 12.9. The molecule has 1 atom stereocenters. The highest BCUT2D eigenvalue weighted by Crippen LogP contribution is 2.48. The summed E-state index contributed by atoms with van der Waals surface area (Å²) in [6.45, 7) is 5.67. The molecule has 5 aromatic rings. The molecule has 0 amide bonds. The lowest BCUT2D eigenvalue weighted by atomic mass is 10.1. The molecule has 5 rings (SSSR count). The number of aromatic carboxylic acids is 1. The van der Waals surface area contributed by atoms with E-state index in [0.29, 0.717) is 21.6 Å². The Kier molecular flexibility index (Phi) is 6.56. The maximum absolute atomic E-state index is 13.8. The van der Waals surface area contributed by atoms with E-state index in [1.54, 1.807) is 22.7 Å². The molecule has 2 aromatic carbocycles. The molecule has 0 aliphatic rings. The number of carbonyl (C=O) groups is 1. The summed E-state index contributed by atoms with van der Waals surface area (Å²) in [6.07, 6.45) is 0. The van der Waals surface area contributed by atoms with Gasteiger partial charge in [-0.25, -0.2) is 9.78 Å². The van der Waals surface area contributed by atoms with E-state index in [0.717, 1.165) is 45.0 Å². The van der Waals surface area contributed by atoms with E-state index in [4.69, 9.17) is 10.3 Å². The number of aryl methyl sites for hydroxylation is 3. The first-order chi connectivity index (χ1) is 18.1. The van der Waals surface area contributed by atoms with Crippen molar-refractivity contribution in [3.8, 4) is 21.7 Å². The van der Waals surface area contributed by atoms with Gasteiger partial charge in [0.1, 0.15) is 10.7 Å². The summed E-state index contributed by atoms with van der Waals surface area (Å²) in [4.78, 5) is 17.3. The quantitative estimate of drug-likeness (QED) is 0.214. The predicted octanol–water partition coefficient (Wildman–Crippen LogP) is 5.91. The Balaban J connectivity index is 1.48. The summed E-state index contributed by atoms with van der Waals surface area (Å²) < 4.78 is 20.8. The Bertz CT molecular complexity index is 1740. The Morgan fingerprint density at radius 3 is 2.42 bits per heavy atom. The van der Waals surface area contributed by atoms with Gasteiger partial charge in [-0.15, -0.1) is 11.3 Å². The van der Waals surface area contributed by atoms with Crippen LogP contribution in [0, 0.1) is 20.8 Å². The molecule has 194 valence electrons. The van der Waals surface area contributed by atoms with Crippen LogP contribution in [-0.2, 0) is 9.09 Å². The van der Waals surface area contributed by atoms with E-state index >= 15 is 0 Å². The fraction of sp³-hybridized carbons (Fsp3) is 0.148. The van der Waals surface area contributed by atoms with Gasteiger partial charge in [0.25, 0.3) is 0 Å². The number of nitrogen functional groups attached to an aromatic ring is 1. The number of hydrogen-bond acceptors (Lipinski definition) is 7. The number of hydrogen-bond donors (Lipinski definition) is 3. The van der Waals surface area contributed by atoms with E-state index < -0.39 is 13.5 Å². The standard InChI is InChI=1S/C27H26N5O4PS/c1-15-5-10-22(16(2)11-15)37(35,36-4)31-21-13-23(38-26(21)27(33)34)19-8-6-18(7-9-19)20-14-25-29-17(3)12-24(28)32(25)30-20/h5-14H,28H2,1-4H3,(H,31,35)(H,33,34). The zero-order valence-corrected chi connectivity index (χ0v) is 22.9. The monoisotopic (exact) mass is 547 g/mol. The fourth-order valence-corrected chi connectivity index (χ4v) is 7.08.